The van der Waals surface area contributed by atoms with Crippen LogP contribution in [0.3, 0.4) is 0 Å². The van der Waals surface area contributed by atoms with E-state index in [0.29, 0.717) is 16.4 Å². The van der Waals surface area contributed by atoms with Crippen molar-refractivity contribution in [2.45, 2.75) is 39.1 Å². The van der Waals surface area contributed by atoms with Crippen LogP contribution in [0.2, 0.25) is 0 Å². The normalized spacial score (nSPS) is 11.0. The lowest BCUT2D eigenvalue weighted by Crippen LogP contribution is -2.15. The average Bonchev–Trinajstić information content (AvgIpc) is 3.09. The van der Waals surface area contributed by atoms with Gasteiger partial charge in [-0.3, -0.25) is 9.48 Å². The molecule has 0 aliphatic rings. The second-order valence-electron chi connectivity index (χ2n) is 6.40. The molecule has 2 aromatic heterocycles. The molecule has 0 radical (unpaired) electrons. The summed E-state index contributed by atoms with van der Waals surface area (Å²) in [4.78, 5) is 21.0. The third kappa shape index (κ3) is 5.53. The van der Waals surface area contributed by atoms with Gasteiger partial charge in [0.05, 0.1) is 17.1 Å². The van der Waals surface area contributed by atoms with E-state index < -0.39 is 6.61 Å². The Kier molecular flexibility index (Phi) is 6.99. The van der Waals surface area contributed by atoms with Crippen molar-refractivity contribution in [3.8, 4) is 17.0 Å². The maximum atomic E-state index is 12.3. The van der Waals surface area contributed by atoms with Gasteiger partial charge in [-0.2, -0.15) is 13.9 Å². The second-order valence-corrected chi connectivity index (χ2v) is 7.34. The number of ether oxygens (including phenoxy) is 1. The van der Waals surface area contributed by atoms with Crippen molar-refractivity contribution in [2.75, 3.05) is 11.1 Å². The van der Waals surface area contributed by atoms with Crippen LogP contribution in [0.4, 0.5) is 14.5 Å². The van der Waals surface area contributed by atoms with Gasteiger partial charge >= 0.3 is 6.61 Å². The van der Waals surface area contributed by atoms with E-state index in [2.05, 4.69) is 25.1 Å². The van der Waals surface area contributed by atoms with Gasteiger partial charge in [0.2, 0.25) is 5.91 Å². The maximum absolute atomic E-state index is 12.3. The summed E-state index contributed by atoms with van der Waals surface area (Å²) in [7, 11) is 0. The Morgan fingerprint density at radius 3 is 2.77 bits per heavy atom. The first kappa shape index (κ1) is 21.7. The minimum absolute atomic E-state index is 0.0433. The highest BCUT2D eigenvalue weighted by molar-refractivity contribution is 7.99. The monoisotopic (exact) mass is 433 g/mol. The number of nitrogens with zero attached hydrogens (tertiary/aromatic N) is 4. The van der Waals surface area contributed by atoms with E-state index in [-0.39, 0.29) is 17.4 Å². The van der Waals surface area contributed by atoms with Crippen molar-refractivity contribution in [1.29, 1.82) is 0 Å². The van der Waals surface area contributed by atoms with Crippen molar-refractivity contribution >= 4 is 23.4 Å². The SMILES string of the molecule is CCn1cc(-c2ccnc(SCC(=O)Nc3ccc(OC(F)F)cc3C)n2)c(C)n1. The van der Waals surface area contributed by atoms with Gasteiger partial charge in [0.15, 0.2) is 5.16 Å². The standard InChI is InChI=1S/C20H21F2N5O2S/c1-4-27-10-15(13(3)26-27)17-7-8-23-20(25-17)30-11-18(28)24-16-6-5-14(9-12(16)2)29-19(21)22/h5-10,19H,4,11H2,1-3H3,(H,24,28). The Hall–Kier alpha value is -3.01. The number of benzene rings is 1. The summed E-state index contributed by atoms with van der Waals surface area (Å²) in [6, 6.07) is 6.16. The summed E-state index contributed by atoms with van der Waals surface area (Å²) in [6.45, 7) is 3.51. The molecule has 0 spiro atoms. The highest BCUT2D eigenvalue weighted by Crippen LogP contribution is 2.25. The molecule has 0 atom stereocenters. The van der Waals surface area contributed by atoms with Crippen LogP contribution in [-0.2, 0) is 11.3 Å². The van der Waals surface area contributed by atoms with Gasteiger partial charge in [0, 0.05) is 30.2 Å². The molecule has 0 bridgehead atoms. The van der Waals surface area contributed by atoms with Crippen molar-refractivity contribution < 1.29 is 18.3 Å². The molecule has 158 valence electrons. The molecule has 0 saturated carbocycles. The predicted molar refractivity (Wildman–Crippen MR) is 111 cm³/mol. The van der Waals surface area contributed by atoms with Crippen LogP contribution >= 0.6 is 11.8 Å². The number of aromatic nitrogens is 4. The molecular formula is C20H21F2N5O2S. The zero-order valence-corrected chi connectivity index (χ0v) is 17.5. The van der Waals surface area contributed by atoms with E-state index in [9.17, 15) is 13.6 Å². The highest BCUT2D eigenvalue weighted by atomic mass is 32.2. The van der Waals surface area contributed by atoms with Crippen molar-refractivity contribution in [2.24, 2.45) is 0 Å². The number of rotatable bonds is 8. The lowest BCUT2D eigenvalue weighted by molar-refractivity contribution is -0.113. The molecule has 1 aromatic carbocycles. The molecule has 0 fully saturated rings. The number of halogens is 2. The second kappa shape index (κ2) is 9.66. The van der Waals surface area contributed by atoms with Crippen LogP contribution in [-0.4, -0.2) is 38.0 Å². The van der Waals surface area contributed by atoms with E-state index >= 15 is 0 Å². The minimum Gasteiger partial charge on any atom is -0.435 e. The van der Waals surface area contributed by atoms with E-state index in [1.54, 1.807) is 19.2 Å². The maximum Gasteiger partial charge on any atom is 0.387 e. The van der Waals surface area contributed by atoms with Gasteiger partial charge in [0.25, 0.3) is 0 Å². The van der Waals surface area contributed by atoms with Crippen LogP contribution in [0.15, 0.2) is 41.8 Å². The smallest absolute Gasteiger partial charge is 0.387 e. The van der Waals surface area contributed by atoms with Gasteiger partial charge in [-0.25, -0.2) is 9.97 Å². The number of anilines is 1. The topological polar surface area (TPSA) is 81.9 Å². The first-order valence-corrected chi connectivity index (χ1v) is 10.2. The van der Waals surface area contributed by atoms with Gasteiger partial charge in [-0.1, -0.05) is 11.8 Å². The van der Waals surface area contributed by atoms with Gasteiger partial charge in [-0.15, -0.1) is 0 Å². The molecule has 30 heavy (non-hydrogen) atoms. The van der Waals surface area contributed by atoms with Crippen LogP contribution in [0.5, 0.6) is 5.75 Å². The number of nitrogens with one attached hydrogen (secondary N) is 1. The Bertz CT molecular complexity index is 1040. The molecule has 0 aliphatic carbocycles. The number of carbonyl (C=O) groups is 1. The third-order valence-corrected chi connectivity index (χ3v) is 5.07. The van der Waals surface area contributed by atoms with Crippen molar-refractivity contribution in [3.63, 3.8) is 0 Å². The Morgan fingerprint density at radius 1 is 1.30 bits per heavy atom. The number of thioether (sulfide) groups is 1. The Balaban J connectivity index is 1.62. The predicted octanol–water partition coefficient (Wildman–Crippen LogP) is 4.31. The number of aryl methyl sites for hydroxylation is 3. The summed E-state index contributed by atoms with van der Waals surface area (Å²) in [5, 5.41) is 7.65. The number of hydrogen-bond donors (Lipinski definition) is 1. The fourth-order valence-electron chi connectivity index (χ4n) is 2.76. The molecule has 2 heterocycles. The first-order chi connectivity index (χ1) is 14.4. The molecule has 1 amide bonds. The largest absolute Gasteiger partial charge is 0.435 e. The number of alkyl halides is 2. The third-order valence-electron chi connectivity index (χ3n) is 4.21. The lowest BCUT2D eigenvalue weighted by Gasteiger charge is -2.10. The van der Waals surface area contributed by atoms with Gasteiger partial charge in [-0.05, 0) is 50.6 Å². The van der Waals surface area contributed by atoms with Crippen molar-refractivity contribution in [3.05, 3.63) is 47.9 Å². The van der Waals surface area contributed by atoms with E-state index in [1.165, 1.54) is 30.0 Å². The van der Waals surface area contributed by atoms with Crippen LogP contribution < -0.4 is 10.1 Å². The number of carbonyl (C=O) groups excluding carboxylic acids is 1. The van der Waals surface area contributed by atoms with E-state index in [4.69, 9.17) is 0 Å². The zero-order valence-electron chi connectivity index (χ0n) is 16.7. The average molecular weight is 433 g/mol. The van der Waals surface area contributed by atoms with Crippen molar-refractivity contribution in [1.82, 2.24) is 19.7 Å². The molecule has 1 N–H and O–H groups in total. The first-order valence-electron chi connectivity index (χ1n) is 9.21. The molecule has 0 unspecified atom stereocenters. The quantitative estimate of drug-likeness (QED) is 0.421. The highest BCUT2D eigenvalue weighted by Gasteiger charge is 2.12. The fraction of sp³-hybridized carbons (Fsp3) is 0.300. The summed E-state index contributed by atoms with van der Waals surface area (Å²) in [5.74, 6) is -0.109. The molecule has 0 saturated heterocycles. The number of hydrogen-bond acceptors (Lipinski definition) is 6. The van der Waals surface area contributed by atoms with E-state index in [0.717, 1.165) is 23.5 Å². The van der Waals surface area contributed by atoms with Crippen LogP contribution in [0, 0.1) is 13.8 Å². The summed E-state index contributed by atoms with van der Waals surface area (Å²) >= 11 is 1.21. The molecule has 3 rings (SSSR count). The lowest BCUT2D eigenvalue weighted by atomic mass is 10.2. The zero-order chi connectivity index (χ0) is 21.7. The molecule has 0 aliphatic heterocycles. The molecule has 7 nitrogen and oxygen atoms in total. The number of amides is 1. The summed E-state index contributed by atoms with van der Waals surface area (Å²) < 4.78 is 30.8. The summed E-state index contributed by atoms with van der Waals surface area (Å²) in [5.41, 5.74) is 3.69. The fourth-order valence-corrected chi connectivity index (χ4v) is 3.39. The van der Waals surface area contributed by atoms with Gasteiger partial charge in [0.1, 0.15) is 5.75 Å². The Morgan fingerprint density at radius 2 is 2.10 bits per heavy atom. The van der Waals surface area contributed by atoms with Crippen LogP contribution in [0.1, 0.15) is 18.2 Å². The van der Waals surface area contributed by atoms with Gasteiger partial charge < -0.3 is 10.1 Å². The summed E-state index contributed by atoms with van der Waals surface area (Å²) in [6.07, 6.45) is 3.58. The molecular weight excluding hydrogens is 412 g/mol. The van der Waals surface area contributed by atoms with E-state index in [1.807, 2.05) is 24.7 Å². The Labute approximate surface area is 176 Å². The molecule has 3 aromatic rings. The molecule has 10 heteroatoms. The minimum atomic E-state index is -2.89. The van der Waals surface area contributed by atoms with Crippen LogP contribution in [0.25, 0.3) is 11.3 Å².